The van der Waals surface area contributed by atoms with Crippen LogP contribution in [0.3, 0.4) is 0 Å². The monoisotopic (exact) mass is 328 g/mol. The molecule has 23 heavy (non-hydrogen) atoms. The highest BCUT2D eigenvalue weighted by atomic mass is 32.1. The number of nitrogens with one attached hydrogen (secondary N) is 2. The summed E-state index contributed by atoms with van der Waals surface area (Å²) in [5.41, 5.74) is 3.37. The number of nitrogens with zero attached hydrogens (tertiary/aromatic N) is 1. The van der Waals surface area contributed by atoms with E-state index in [0.29, 0.717) is 28.7 Å². The van der Waals surface area contributed by atoms with E-state index in [-0.39, 0.29) is 5.56 Å². The van der Waals surface area contributed by atoms with Crippen LogP contribution in [0, 0.1) is 0 Å². The van der Waals surface area contributed by atoms with Gasteiger partial charge in [0.15, 0.2) is 5.11 Å². The Balaban J connectivity index is 2.03. The second-order valence-corrected chi connectivity index (χ2v) is 4.85. The first-order valence-electron chi connectivity index (χ1n) is 6.69. The second-order valence-electron chi connectivity index (χ2n) is 4.44. The average Bonchev–Trinajstić information content (AvgIpc) is 3.02. The first-order chi connectivity index (χ1) is 11.1. The predicted octanol–water partition coefficient (Wildman–Crippen LogP) is 1.29. The maximum absolute atomic E-state index is 10.9. The number of carbonyl (C=O) groups excluding carboxylic acids is 1. The number of hydrazone groups is 1. The minimum atomic E-state index is -1.23. The number of carboxylic acids is 1. The van der Waals surface area contributed by atoms with E-state index in [2.05, 4.69) is 22.4 Å². The molecule has 0 atom stereocenters. The van der Waals surface area contributed by atoms with Crippen molar-refractivity contribution in [3.63, 3.8) is 0 Å². The Morgan fingerprint density at radius 3 is 2.96 bits per heavy atom. The quantitative estimate of drug-likeness (QED) is 0.359. The molecule has 1 heterocycles. The molecule has 118 valence electrons. The topological polar surface area (TPSA) is 89.7 Å². The van der Waals surface area contributed by atoms with Gasteiger partial charge < -0.3 is 19.6 Å². The van der Waals surface area contributed by atoms with Crippen LogP contribution in [0.25, 0.3) is 11.3 Å². The summed E-state index contributed by atoms with van der Waals surface area (Å²) in [6, 6.07) is 9.77. The van der Waals surface area contributed by atoms with Crippen molar-refractivity contribution in [3.8, 4) is 11.3 Å². The van der Waals surface area contributed by atoms with E-state index in [1.54, 1.807) is 30.3 Å². The molecule has 6 nitrogen and oxygen atoms in total. The SMILES string of the molecule is C=CCNC(=S)N/N=C\c1ccc(-c2cccc(C(=O)[O-])c2)o1. The smallest absolute Gasteiger partial charge is 0.187 e. The van der Waals surface area contributed by atoms with Gasteiger partial charge in [-0.05, 0) is 36.0 Å². The summed E-state index contributed by atoms with van der Waals surface area (Å²) < 4.78 is 5.58. The fourth-order valence-electron chi connectivity index (χ4n) is 1.74. The van der Waals surface area contributed by atoms with Crippen LogP contribution in [0.2, 0.25) is 0 Å². The van der Waals surface area contributed by atoms with Gasteiger partial charge in [-0.2, -0.15) is 5.10 Å². The number of rotatable bonds is 6. The van der Waals surface area contributed by atoms with Crippen LogP contribution in [0.15, 0.2) is 58.6 Å². The van der Waals surface area contributed by atoms with Crippen LogP contribution < -0.4 is 15.8 Å². The minimum Gasteiger partial charge on any atom is -0.545 e. The van der Waals surface area contributed by atoms with Crippen LogP contribution in [0.4, 0.5) is 0 Å². The molecular weight excluding hydrogens is 314 g/mol. The highest BCUT2D eigenvalue weighted by Crippen LogP contribution is 2.22. The van der Waals surface area contributed by atoms with Crippen LogP contribution in [-0.2, 0) is 0 Å². The molecular formula is C16H14N3O3S-. The largest absolute Gasteiger partial charge is 0.545 e. The zero-order chi connectivity index (χ0) is 16.7. The van der Waals surface area contributed by atoms with E-state index in [9.17, 15) is 9.90 Å². The van der Waals surface area contributed by atoms with Gasteiger partial charge in [0.05, 0.1) is 12.2 Å². The number of thiocarbonyl (C=S) groups is 1. The zero-order valence-electron chi connectivity index (χ0n) is 12.1. The van der Waals surface area contributed by atoms with Crippen LogP contribution in [0.1, 0.15) is 16.1 Å². The Hall–Kier alpha value is -2.93. The predicted molar refractivity (Wildman–Crippen MR) is 90.0 cm³/mol. The number of carbonyl (C=O) groups is 1. The number of furan rings is 1. The Bertz CT molecular complexity index is 753. The second kappa shape index (κ2) is 7.90. The maximum Gasteiger partial charge on any atom is 0.187 e. The molecule has 2 aromatic rings. The van der Waals surface area contributed by atoms with Crippen LogP contribution in [-0.4, -0.2) is 23.8 Å². The summed E-state index contributed by atoms with van der Waals surface area (Å²) in [6.45, 7) is 4.11. The fourth-order valence-corrected chi connectivity index (χ4v) is 1.87. The molecule has 0 aliphatic rings. The van der Waals surface area contributed by atoms with E-state index < -0.39 is 5.97 Å². The van der Waals surface area contributed by atoms with Gasteiger partial charge in [-0.15, -0.1) is 6.58 Å². The van der Waals surface area contributed by atoms with Gasteiger partial charge in [0.1, 0.15) is 11.5 Å². The summed E-state index contributed by atoms with van der Waals surface area (Å²) in [6.07, 6.45) is 3.14. The van der Waals surface area contributed by atoms with Crippen LogP contribution in [0.5, 0.6) is 0 Å². The number of aromatic carboxylic acids is 1. The first kappa shape index (κ1) is 16.4. The van der Waals surface area contributed by atoms with Crippen molar-refractivity contribution >= 4 is 29.5 Å². The lowest BCUT2D eigenvalue weighted by Crippen LogP contribution is -2.31. The summed E-state index contributed by atoms with van der Waals surface area (Å²) in [4.78, 5) is 10.9. The van der Waals surface area contributed by atoms with Crippen molar-refractivity contribution in [2.75, 3.05) is 6.54 Å². The number of hydrogen-bond donors (Lipinski definition) is 2. The van der Waals surface area contributed by atoms with Crippen LogP contribution >= 0.6 is 12.2 Å². The van der Waals surface area contributed by atoms with Gasteiger partial charge in [0.2, 0.25) is 0 Å². The highest BCUT2D eigenvalue weighted by Gasteiger charge is 2.05. The number of carboxylic acid groups (broad SMARTS) is 1. The molecule has 2 N–H and O–H groups in total. The normalized spacial score (nSPS) is 10.4. The molecule has 0 spiro atoms. The van der Waals surface area contributed by atoms with Crippen molar-refractivity contribution in [1.29, 1.82) is 0 Å². The van der Waals surface area contributed by atoms with E-state index in [4.69, 9.17) is 16.6 Å². The molecule has 0 saturated carbocycles. The Labute approximate surface area is 138 Å². The molecule has 1 aromatic carbocycles. The Morgan fingerprint density at radius 1 is 1.39 bits per heavy atom. The van der Waals surface area contributed by atoms with Gasteiger partial charge in [0, 0.05) is 12.1 Å². The zero-order valence-corrected chi connectivity index (χ0v) is 12.9. The van der Waals surface area contributed by atoms with Gasteiger partial charge in [-0.25, -0.2) is 0 Å². The van der Waals surface area contributed by atoms with E-state index in [1.807, 2.05) is 0 Å². The molecule has 0 fully saturated rings. The van der Waals surface area contributed by atoms with Gasteiger partial charge in [-0.1, -0.05) is 24.3 Å². The standard InChI is InChI=1S/C16H15N3O3S/c1-2-8-17-16(23)19-18-10-13-6-7-14(22-13)11-4-3-5-12(9-11)15(20)21/h2-7,9-10H,1,8H2,(H,20,21)(H2,17,19,23)/p-1/b18-10-. The lowest BCUT2D eigenvalue weighted by Gasteiger charge is -2.03. The number of benzene rings is 1. The van der Waals surface area contributed by atoms with Crippen molar-refractivity contribution in [2.45, 2.75) is 0 Å². The average molecular weight is 328 g/mol. The molecule has 1 aromatic heterocycles. The highest BCUT2D eigenvalue weighted by molar-refractivity contribution is 7.80. The molecule has 0 saturated heterocycles. The van der Waals surface area contributed by atoms with Gasteiger partial charge in [-0.3, -0.25) is 5.43 Å². The van der Waals surface area contributed by atoms with E-state index in [0.717, 1.165) is 0 Å². The minimum absolute atomic E-state index is 0.0921. The molecule has 0 radical (unpaired) electrons. The van der Waals surface area contributed by atoms with Crippen molar-refractivity contribution in [3.05, 3.63) is 60.4 Å². The summed E-state index contributed by atoms with van der Waals surface area (Å²) in [7, 11) is 0. The van der Waals surface area contributed by atoms with Crippen molar-refractivity contribution in [1.82, 2.24) is 10.7 Å². The summed E-state index contributed by atoms with van der Waals surface area (Å²) in [5, 5.41) is 18.0. The lowest BCUT2D eigenvalue weighted by molar-refractivity contribution is -0.255. The van der Waals surface area contributed by atoms with E-state index >= 15 is 0 Å². The van der Waals surface area contributed by atoms with E-state index in [1.165, 1.54) is 18.3 Å². The Morgan fingerprint density at radius 2 is 2.22 bits per heavy atom. The summed E-state index contributed by atoms with van der Waals surface area (Å²) >= 11 is 4.98. The third kappa shape index (κ3) is 4.79. The lowest BCUT2D eigenvalue weighted by atomic mass is 10.1. The molecule has 7 heteroatoms. The third-order valence-electron chi connectivity index (χ3n) is 2.77. The molecule has 0 amide bonds. The Kier molecular flexibility index (Phi) is 5.65. The molecule has 0 aliphatic heterocycles. The summed E-state index contributed by atoms with van der Waals surface area (Å²) in [5.74, 6) is -0.204. The van der Waals surface area contributed by atoms with Crippen molar-refractivity contribution in [2.24, 2.45) is 5.10 Å². The van der Waals surface area contributed by atoms with Crippen molar-refractivity contribution < 1.29 is 14.3 Å². The van der Waals surface area contributed by atoms with Gasteiger partial charge in [0.25, 0.3) is 0 Å². The third-order valence-corrected chi connectivity index (χ3v) is 3.01. The molecule has 0 unspecified atom stereocenters. The maximum atomic E-state index is 10.9. The molecule has 0 aliphatic carbocycles. The van der Waals surface area contributed by atoms with Gasteiger partial charge >= 0.3 is 0 Å². The molecule has 2 rings (SSSR count). The number of hydrogen-bond acceptors (Lipinski definition) is 5. The fraction of sp³-hybridized carbons (Fsp3) is 0.0625. The first-order valence-corrected chi connectivity index (χ1v) is 7.10. The molecule has 0 bridgehead atoms.